The maximum absolute atomic E-state index is 13.0. The number of anilines is 1. The summed E-state index contributed by atoms with van der Waals surface area (Å²) in [5.74, 6) is -0.0699. The van der Waals surface area contributed by atoms with Crippen molar-refractivity contribution in [3.63, 3.8) is 0 Å². The minimum atomic E-state index is -1.04. The van der Waals surface area contributed by atoms with E-state index in [4.69, 9.17) is 4.74 Å². The number of aryl methyl sites for hydroxylation is 1. The summed E-state index contributed by atoms with van der Waals surface area (Å²) in [5, 5.41) is 24.7. The largest absolute Gasteiger partial charge is 0.389 e. The third-order valence-corrected chi connectivity index (χ3v) is 6.25. The van der Waals surface area contributed by atoms with Crippen LogP contribution in [0.15, 0.2) is 10.9 Å². The molecule has 0 unspecified atom stereocenters. The van der Waals surface area contributed by atoms with Gasteiger partial charge in [-0.3, -0.25) is 14.2 Å². The molecule has 2 aromatic rings. The van der Waals surface area contributed by atoms with Crippen LogP contribution < -0.4 is 10.9 Å². The number of carbonyl (C=O) groups is 1. The monoisotopic (exact) mass is 416 g/mol. The molecule has 2 fully saturated rings. The second kappa shape index (κ2) is 7.72. The van der Waals surface area contributed by atoms with Crippen molar-refractivity contribution in [2.45, 2.75) is 70.2 Å². The van der Waals surface area contributed by atoms with E-state index in [-0.39, 0.29) is 35.6 Å². The number of carbonyl (C=O) groups excluding carboxylic acids is 1. The van der Waals surface area contributed by atoms with Gasteiger partial charge in [-0.25, -0.2) is 4.98 Å². The molecule has 0 bridgehead atoms. The van der Waals surface area contributed by atoms with E-state index >= 15 is 0 Å². The molecule has 0 aromatic carbocycles. The van der Waals surface area contributed by atoms with Crippen molar-refractivity contribution in [2.75, 3.05) is 18.5 Å². The van der Waals surface area contributed by atoms with E-state index in [0.717, 1.165) is 6.42 Å². The van der Waals surface area contributed by atoms with E-state index < -0.39 is 17.7 Å². The summed E-state index contributed by atoms with van der Waals surface area (Å²) in [6, 6.07) is 0.710. The molecular weight excluding hydrogens is 388 g/mol. The average molecular weight is 416 g/mol. The first-order chi connectivity index (χ1) is 14.2. The number of ketones is 1. The molecule has 0 spiro atoms. The van der Waals surface area contributed by atoms with Crippen LogP contribution in [0.25, 0.3) is 11.0 Å². The zero-order valence-corrected chi connectivity index (χ0v) is 17.5. The predicted molar refractivity (Wildman–Crippen MR) is 111 cm³/mol. The summed E-state index contributed by atoms with van der Waals surface area (Å²) in [5.41, 5.74) is -0.147. The van der Waals surface area contributed by atoms with Gasteiger partial charge in [0.15, 0.2) is 5.78 Å². The van der Waals surface area contributed by atoms with Gasteiger partial charge in [0.05, 0.1) is 35.8 Å². The van der Waals surface area contributed by atoms with Crippen LogP contribution in [0.3, 0.4) is 0 Å². The van der Waals surface area contributed by atoms with Crippen molar-refractivity contribution < 1.29 is 19.7 Å². The molecule has 4 rings (SSSR count). The van der Waals surface area contributed by atoms with Gasteiger partial charge < -0.3 is 20.3 Å². The first-order valence-corrected chi connectivity index (χ1v) is 10.4. The lowest BCUT2D eigenvalue weighted by atomic mass is 9.99. The summed E-state index contributed by atoms with van der Waals surface area (Å²) in [4.78, 5) is 34.5. The summed E-state index contributed by atoms with van der Waals surface area (Å²) >= 11 is 0. The molecule has 30 heavy (non-hydrogen) atoms. The number of aliphatic hydroxyl groups is 2. The van der Waals surface area contributed by atoms with Gasteiger partial charge in [0.2, 0.25) is 5.95 Å². The SMILES string of the molecule is CC(=O)c1nc(N[C@@H]2CCOC[C@H]2O)nc2c1c(C)cc(=O)n2[C@H]1CCC[C@]1(C)O. The zero-order chi connectivity index (χ0) is 21.6. The Kier molecular flexibility index (Phi) is 5.37. The lowest BCUT2D eigenvalue weighted by Crippen LogP contribution is -2.42. The number of aromatic nitrogens is 3. The molecule has 2 aromatic heterocycles. The van der Waals surface area contributed by atoms with Crippen LogP contribution in [0.4, 0.5) is 5.95 Å². The Morgan fingerprint density at radius 3 is 2.77 bits per heavy atom. The van der Waals surface area contributed by atoms with Crippen LogP contribution >= 0.6 is 0 Å². The van der Waals surface area contributed by atoms with Crippen molar-refractivity contribution in [3.8, 4) is 0 Å². The number of fused-ring (bicyclic) bond motifs is 1. The quantitative estimate of drug-likeness (QED) is 0.638. The fourth-order valence-corrected chi connectivity index (χ4v) is 4.63. The van der Waals surface area contributed by atoms with Gasteiger partial charge in [-0.15, -0.1) is 0 Å². The van der Waals surface area contributed by atoms with Crippen LogP contribution in [0.2, 0.25) is 0 Å². The fraction of sp³-hybridized carbons (Fsp3) is 0.619. The van der Waals surface area contributed by atoms with Gasteiger partial charge in [-0.05, 0) is 45.1 Å². The molecular formula is C21H28N4O5. The summed E-state index contributed by atoms with van der Waals surface area (Å²) in [6.07, 6.45) is 1.86. The topological polar surface area (TPSA) is 127 Å². The molecule has 0 amide bonds. The number of hydrogen-bond acceptors (Lipinski definition) is 8. The van der Waals surface area contributed by atoms with Crippen LogP contribution in [0.5, 0.6) is 0 Å². The second-order valence-corrected chi connectivity index (χ2v) is 8.63. The van der Waals surface area contributed by atoms with Crippen molar-refractivity contribution in [3.05, 3.63) is 27.7 Å². The van der Waals surface area contributed by atoms with E-state index in [2.05, 4.69) is 15.3 Å². The minimum Gasteiger partial charge on any atom is -0.389 e. The van der Waals surface area contributed by atoms with Crippen LogP contribution in [-0.4, -0.2) is 61.5 Å². The van der Waals surface area contributed by atoms with Crippen LogP contribution in [0, 0.1) is 6.92 Å². The molecule has 3 N–H and O–H groups in total. The number of Topliss-reactive ketones (excluding diaryl/α,β-unsaturated/α-hetero) is 1. The Morgan fingerprint density at radius 2 is 2.13 bits per heavy atom. The normalized spacial score (nSPS) is 29.3. The van der Waals surface area contributed by atoms with E-state index in [9.17, 15) is 19.8 Å². The van der Waals surface area contributed by atoms with Crippen molar-refractivity contribution in [1.29, 1.82) is 0 Å². The lowest BCUT2D eigenvalue weighted by molar-refractivity contribution is -0.0136. The standard InChI is InChI=1S/C21H28N4O5/c1-11-9-16(28)25(15-5-4-7-21(15,3)29)19-17(11)18(12(2)26)23-20(24-19)22-13-6-8-30-10-14(13)27/h9,13-15,27,29H,4-8,10H2,1-3H3,(H,22,23,24)/t13-,14-,15+,21+/m1/s1. The van der Waals surface area contributed by atoms with Crippen molar-refractivity contribution >= 4 is 22.8 Å². The van der Waals surface area contributed by atoms with E-state index in [1.165, 1.54) is 17.6 Å². The number of rotatable bonds is 4. The molecule has 1 aliphatic heterocycles. The molecule has 3 heterocycles. The first kappa shape index (κ1) is 20.9. The maximum atomic E-state index is 13.0. The van der Waals surface area contributed by atoms with Crippen LogP contribution in [-0.2, 0) is 4.74 Å². The smallest absolute Gasteiger partial charge is 0.252 e. The highest BCUT2D eigenvalue weighted by Gasteiger charge is 2.40. The fourth-order valence-electron chi connectivity index (χ4n) is 4.63. The Hall–Kier alpha value is -2.36. The van der Waals surface area contributed by atoms with Gasteiger partial charge in [-0.2, -0.15) is 4.98 Å². The highest BCUT2D eigenvalue weighted by molar-refractivity contribution is 6.05. The summed E-state index contributed by atoms with van der Waals surface area (Å²) in [7, 11) is 0. The molecule has 1 saturated carbocycles. The highest BCUT2D eigenvalue weighted by Crippen LogP contribution is 2.40. The van der Waals surface area contributed by atoms with Gasteiger partial charge in [0.25, 0.3) is 5.56 Å². The van der Waals surface area contributed by atoms with Gasteiger partial charge in [-0.1, -0.05) is 0 Å². The van der Waals surface area contributed by atoms with E-state index in [0.29, 0.717) is 42.5 Å². The third kappa shape index (κ3) is 3.61. The molecule has 1 aliphatic carbocycles. The number of pyridine rings is 1. The summed E-state index contributed by atoms with van der Waals surface area (Å²) in [6.45, 7) is 5.62. The Labute approximate surface area is 174 Å². The van der Waals surface area contributed by atoms with Crippen molar-refractivity contribution in [1.82, 2.24) is 14.5 Å². The van der Waals surface area contributed by atoms with E-state index in [1.807, 2.05) is 0 Å². The van der Waals surface area contributed by atoms with Crippen LogP contribution in [0.1, 0.15) is 61.6 Å². The molecule has 0 radical (unpaired) electrons. The van der Waals surface area contributed by atoms with Gasteiger partial charge >= 0.3 is 0 Å². The first-order valence-electron chi connectivity index (χ1n) is 10.4. The molecule has 162 valence electrons. The number of nitrogens with zero attached hydrogens (tertiary/aromatic N) is 3. The zero-order valence-electron chi connectivity index (χ0n) is 17.5. The summed E-state index contributed by atoms with van der Waals surface area (Å²) < 4.78 is 6.77. The second-order valence-electron chi connectivity index (χ2n) is 8.63. The Morgan fingerprint density at radius 1 is 1.37 bits per heavy atom. The molecule has 4 atom stereocenters. The Balaban J connectivity index is 1.92. The molecule has 1 saturated heterocycles. The third-order valence-electron chi connectivity index (χ3n) is 6.25. The number of ether oxygens (including phenoxy) is 1. The predicted octanol–water partition coefficient (Wildman–Crippen LogP) is 1.34. The van der Waals surface area contributed by atoms with Gasteiger partial charge in [0.1, 0.15) is 11.3 Å². The van der Waals surface area contributed by atoms with E-state index in [1.54, 1.807) is 13.8 Å². The lowest BCUT2D eigenvalue weighted by Gasteiger charge is -2.30. The Bertz CT molecular complexity index is 1050. The molecule has 2 aliphatic rings. The minimum absolute atomic E-state index is 0.176. The molecule has 9 heteroatoms. The molecule has 9 nitrogen and oxygen atoms in total. The average Bonchev–Trinajstić information content (AvgIpc) is 3.01. The number of aliphatic hydroxyl groups excluding tert-OH is 1. The number of hydrogen-bond donors (Lipinski definition) is 3. The maximum Gasteiger partial charge on any atom is 0.252 e. The highest BCUT2D eigenvalue weighted by atomic mass is 16.5. The number of nitrogens with one attached hydrogen (secondary N) is 1. The van der Waals surface area contributed by atoms with Gasteiger partial charge in [0, 0.05) is 19.6 Å². The van der Waals surface area contributed by atoms with Crippen molar-refractivity contribution in [2.24, 2.45) is 0 Å².